The SMILES string of the molecule is CCOC(=O)C(CN(C)c1ccccc1C)NC(C)C. The molecule has 1 atom stereocenters. The van der Waals surface area contributed by atoms with E-state index in [1.807, 2.05) is 40.0 Å². The van der Waals surface area contributed by atoms with Crippen molar-refractivity contribution in [1.29, 1.82) is 0 Å². The molecular weight excluding hydrogens is 252 g/mol. The number of hydrogen-bond donors (Lipinski definition) is 1. The lowest BCUT2D eigenvalue weighted by atomic mass is 10.1. The molecule has 0 heterocycles. The molecule has 0 aliphatic rings. The smallest absolute Gasteiger partial charge is 0.324 e. The molecule has 1 aromatic rings. The highest BCUT2D eigenvalue weighted by Crippen LogP contribution is 2.18. The molecule has 1 unspecified atom stereocenters. The van der Waals surface area contributed by atoms with E-state index < -0.39 is 0 Å². The van der Waals surface area contributed by atoms with Crippen molar-refractivity contribution in [3.8, 4) is 0 Å². The van der Waals surface area contributed by atoms with Gasteiger partial charge in [0.25, 0.3) is 0 Å². The number of rotatable bonds is 7. The zero-order valence-corrected chi connectivity index (χ0v) is 13.1. The number of nitrogens with zero attached hydrogens (tertiary/aromatic N) is 1. The molecule has 0 saturated carbocycles. The van der Waals surface area contributed by atoms with Crippen molar-refractivity contribution in [3.63, 3.8) is 0 Å². The quantitative estimate of drug-likeness (QED) is 0.777. The molecule has 0 amide bonds. The monoisotopic (exact) mass is 278 g/mol. The maximum atomic E-state index is 12.0. The summed E-state index contributed by atoms with van der Waals surface area (Å²) >= 11 is 0. The molecule has 1 N–H and O–H groups in total. The zero-order chi connectivity index (χ0) is 15.1. The highest BCUT2D eigenvalue weighted by molar-refractivity contribution is 5.77. The van der Waals surface area contributed by atoms with Crippen LogP contribution in [0.4, 0.5) is 5.69 Å². The molecule has 1 rings (SSSR count). The van der Waals surface area contributed by atoms with Crippen molar-refractivity contribution in [2.45, 2.75) is 39.8 Å². The van der Waals surface area contributed by atoms with Gasteiger partial charge in [-0.25, -0.2) is 0 Å². The second-order valence-electron chi connectivity index (χ2n) is 5.29. The number of ether oxygens (including phenoxy) is 1. The van der Waals surface area contributed by atoms with Gasteiger partial charge in [-0.2, -0.15) is 0 Å². The van der Waals surface area contributed by atoms with Crippen molar-refractivity contribution in [2.24, 2.45) is 0 Å². The van der Waals surface area contributed by atoms with Crippen molar-refractivity contribution in [2.75, 3.05) is 25.1 Å². The Morgan fingerprint density at radius 2 is 2.00 bits per heavy atom. The van der Waals surface area contributed by atoms with E-state index in [0.29, 0.717) is 13.2 Å². The maximum absolute atomic E-state index is 12.0. The zero-order valence-electron chi connectivity index (χ0n) is 13.1. The number of nitrogens with one attached hydrogen (secondary N) is 1. The summed E-state index contributed by atoms with van der Waals surface area (Å²) in [6.45, 7) is 8.95. The van der Waals surface area contributed by atoms with E-state index in [4.69, 9.17) is 4.74 Å². The van der Waals surface area contributed by atoms with Crippen molar-refractivity contribution in [1.82, 2.24) is 5.32 Å². The molecule has 0 radical (unpaired) electrons. The van der Waals surface area contributed by atoms with Gasteiger partial charge in [0.15, 0.2) is 0 Å². The summed E-state index contributed by atoms with van der Waals surface area (Å²) < 4.78 is 5.14. The Balaban J connectivity index is 2.78. The summed E-state index contributed by atoms with van der Waals surface area (Å²) in [5.41, 5.74) is 2.33. The predicted molar refractivity (Wildman–Crippen MR) is 83.1 cm³/mol. The predicted octanol–water partition coefficient (Wildman–Crippen LogP) is 2.36. The standard InChI is InChI=1S/C16H26N2O2/c1-6-20-16(19)14(17-12(2)3)11-18(5)15-10-8-7-9-13(15)4/h7-10,12,14,17H,6,11H2,1-5H3. The van der Waals surface area contributed by atoms with Crippen LogP contribution in [0.5, 0.6) is 0 Å². The molecular formula is C16H26N2O2. The fourth-order valence-electron chi connectivity index (χ4n) is 2.20. The Bertz CT molecular complexity index is 432. The Kier molecular flexibility index (Phi) is 6.52. The molecule has 1 aromatic carbocycles. The Morgan fingerprint density at radius 1 is 1.35 bits per heavy atom. The minimum absolute atomic E-state index is 0.193. The molecule has 20 heavy (non-hydrogen) atoms. The fraction of sp³-hybridized carbons (Fsp3) is 0.562. The van der Waals surface area contributed by atoms with Crippen molar-refractivity contribution < 1.29 is 9.53 Å². The van der Waals surface area contributed by atoms with Crippen LogP contribution in [0.1, 0.15) is 26.3 Å². The first-order valence-electron chi connectivity index (χ1n) is 7.15. The topological polar surface area (TPSA) is 41.6 Å². The van der Waals surface area contributed by atoms with Crippen molar-refractivity contribution >= 4 is 11.7 Å². The Hall–Kier alpha value is -1.55. The summed E-state index contributed by atoms with van der Waals surface area (Å²) in [6.07, 6.45) is 0. The molecule has 4 nitrogen and oxygen atoms in total. The first-order valence-corrected chi connectivity index (χ1v) is 7.15. The summed E-state index contributed by atoms with van der Waals surface area (Å²) in [4.78, 5) is 14.1. The van der Waals surface area contributed by atoms with Gasteiger partial charge in [-0.3, -0.25) is 4.79 Å². The normalized spacial score (nSPS) is 12.3. The number of hydrogen-bond acceptors (Lipinski definition) is 4. The number of anilines is 1. The van der Waals surface area contributed by atoms with Gasteiger partial charge in [0.1, 0.15) is 6.04 Å². The molecule has 0 aromatic heterocycles. The third-order valence-corrected chi connectivity index (χ3v) is 3.09. The summed E-state index contributed by atoms with van der Waals surface area (Å²) in [7, 11) is 2.00. The van der Waals surface area contributed by atoms with E-state index in [1.54, 1.807) is 0 Å². The average molecular weight is 278 g/mol. The third kappa shape index (κ3) is 4.85. The summed E-state index contributed by atoms with van der Waals surface area (Å²) in [5.74, 6) is -0.193. The van der Waals surface area contributed by atoms with Crippen LogP contribution in [0.25, 0.3) is 0 Å². The molecule has 0 fully saturated rings. The number of likely N-dealkylation sites (N-methyl/N-ethyl adjacent to an activating group) is 1. The number of benzene rings is 1. The van der Waals surface area contributed by atoms with Gasteiger partial charge >= 0.3 is 5.97 Å². The summed E-state index contributed by atoms with van der Waals surface area (Å²) in [6, 6.07) is 8.07. The number of carbonyl (C=O) groups is 1. The van der Waals surface area contributed by atoms with Crippen LogP contribution in [-0.2, 0) is 9.53 Å². The summed E-state index contributed by atoms with van der Waals surface area (Å²) in [5, 5.41) is 3.27. The van der Waals surface area contributed by atoms with Gasteiger partial charge in [0, 0.05) is 25.3 Å². The number of esters is 1. The van der Waals surface area contributed by atoms with Gasteiger partial charge in [0.2, 0.25) is 0 Å². The number of aryl methyl sites for hydroxylation is 1. The van der Waals surface area contributed by atoms with E-state index in [2.05, 4.69) is 29.3 Å². The number of para-hydroxylation sites is 1. The second-order valence-corrected chi connectivity index (χ2v) is 5.29. The maximum Gasteiger partial charge on any atom is 0.324 e. The molecule has 0 aliphatic heterocycles. The van der Waals surface area contributed by atoms with Gasteiger partial charge in [-0.05, 0) is 25.5 Å². The molecule has 0 spiro atoms. The Morgan fingerprint density at radius 3 is 2.55 bits per heavy atom. The molecule has 0 aliphatic carbocycles. The van der Waals surface area contributed by atoms with Crippen LogP contribution in [-0.4, -0.2) is 38.3 Å². The van der Waals surface area contributed by atoms with Gasteiger partial charge < -0.3 is 15.0 Å². The fourth-order valence-corrected chi connectivity index (χ4v) is 2.20. The highest BCUT2D eigenvalue weighted by atomic mass is 16.5. The molecule has 0 bridgehead atoms. The van der Waals surface area contributed by atoms with E-state index in [1.165, 1.54) is 5.56 Å². The van der Waals surface area contributed by atoms with E-state index in [9.17, 15) is 4.79 Å². The van der Waals surface area contributed by atoms with Crippen LogP contribution < -0.4 is 10.2 Å². The number of carbonyl (C=O) groups excluding carboxylic acids is 1. The first kappa shape index (κ1) is 16.5. The first-order chi connectivity index (χ1) is 9.45. The van der Waals surface area contributed by atoms with Crippen LogP contribution in [0, 0.1) is 6.92 Å². The lowest BCUT2D eigenvalue weighted by Crippen LogP contribution is -2.48. The molecule has 4 heteroatoms. The largest absolute Gasteiger partial charge is 0.465 e. The van der Waals surface area contributed by atoms with Crippen LogP contribution in [0.3, 0.4) is 0 Å². The third-order valence-electron chi connectivity index (χ3n) is 3.09. The highest BCUT2D eigenvalue weighted by Gasteiger charge is 2.22. The van der Waals surface area contributed by atoms with Crippen molar-refractivity contribution in [3.05, 3.63) is 29.8 Å². The lowest BCUT2D eigenvalue weighted by Gasteiger charge is -2.27. The van der Waals surface area contributed by atoms with Gasteiger partial charge in [-0.1, -0.05) is 32.0 Å². The van der Waals surface area contributed by atoms with Gasteiger partial charge in [0.05, 0.1) is 6.61 Å². The van der Waals surface area contributed by atoms with Crippen LogP contribution in [0.15, 0.2) is 24.3 Å². The lowest BCUT2D eigenvalue weighted by molar-refractivity contribution is -0.145. The minimum Gasteiger partial charge on any atom is -0.465 e. The van der Waals surface area contributed by atoms with Gasteiger partial charge in [-0.15, -0.1) is 0 Å². The molecule has 112 valence electrons. The Labute approximate surface area is 122 Å². The molecule has 0 saturated heterocycles. The van der Waals surface area contributed by atoms with E-state index in [-0.39, 0.29) is 18.1 Å². The van der Waals surface area contributed by atoms with Crippen LogP contribution >= 0.6 is 0 Å². The van der Waals surface area contributed by atoms with E-state index in [0.717, 1.165) is 5.69 Å². The van der Waals surface area contributed by atoms with Crippen LogP contribution in [0.2, 0.25) is 0 Å². The second kappa shape index (κ2) is 7.90. The average Bonchev–Trinajstić information content (AvgIpc) is 2.38. The minimum atomic E-state index is -0.320. The van der Waals surface area contributed by atoms with E-state index >= 15 is 0 Å².